The summed E-state index contributed by atoms with van der Waals surface area (Å²) in [5.74, 6) is 0.601. The zero-order valence-electron chi connectivity index (χ0n) is 37.7. The number of carbonyl (C=O) groups is 2. The molecule has 2 amide bonds. The minimum absolute atomic E-state index is 0.0241. The van der Waals surface area contributed by atoms with E-state index in [4.69, 9.17) is 18.6 Å². The fourth-order valence-electron chi connectivity index (χ4n) is 7.49. The zero-order valence-corrected chi connectivity index (χ0v) is 37.7. The van der Waals surface area contributed by atoms with Gasteiger partial charge < -0.3 is 34.0 Å². The number of rotatable bonds is 10. The van der Waals surface area contributed by atoms with Crippen LogP contribution in [0.25, 0.3) is 45.4 Å². The van der Waals surface area contributed by atoms with Gasteiger partial charge >= 0.3 is 6.09 Å². The van der Waals surface area contributed by atoms with Crippen LogP contribution < -0.4 is 15.5 Å². The number of pyridine rings is 2. The number of ether oxygens (including phenoxy) is 1. The van der Waals surface area contributed by atoms with Crippen LogP contribution in [0.2, 0.25) is 0 Å². The maximum absolute atomic E-state index is 12.8. The molecular weight excluding hydrogens is 843 g/mol. The van der Waals surface area contributed by atoms with Crippen LogP contribution in [0.5, 0.6) is 0 Å². The number of aromatic nitrogens is 4. The highest BCUT2D eigenvalue weighted by Crippen LogP contribution is 2.28. The quantitative estimate of drug-likeness (QED) is 0.101. The van der Waals surface area contributed by atoms with Gasteiger partial charge in [-0.25, -0.2) is 14.8 Å². The number of nitro benzene ring substituents is 1. The van der Waals surface area contributed by atoms with Gasteiger partial charge in [0.1, 0.15) is 5.60 Å². The Morgan fingerprint density at radius 2 is 1.32 bits per heavy atom. The SMILES string of the molecule is CC(C)(C)OC(=O)N1CCN(Cc2ccc3oc(-c4cccc([N+](=O)[O-])c4)nc3n2)CC1.CN(C)c1cccc(C(=O)Nc2cccc(-c3nc4nc(CN5CCNCC5)ccc4o3)c2)c1. The van der Waals surface area contributed by atoms with Gasteiger partial charge in [0.05, 0.1) is 16.3 Å². The van der Waals surface area contributed by atoms with Crippen molar-refractivity contribution in [3.63, 3.8) is 0 Å². The highest BCUT2D eigenvalue weighted by atomic mass is 16.6. The van der Waals surface area contributed by atoms with Crippen LogP contribution in [0.3, 0.4) is 0 Å². The summed E-state index contributed by atoms with van der Waals surface area (Å²) in [7, 11) is 3.90. The van der Waals surface area contributed by atoms with Crippen LogP contribution in [0.15, 0.2) is 106 Å². The van der Waals surface area contributed by atoms with Crippen molar-refractivity contribution >= 4 is 51.5 Å². The van der Waals surface area contributed by atoms with Crippen molar-refractivity contribution in [3.8, 4) is 22.9 Å². The molecule has 2 saturated heterocycles. The molecule has 0 bridgehead atoms. The summed E-state index contributed by atoms with van der Waals surface area (Å²) in [6, 6.07) is 28.8. The van der Waals surface area contributed by atoms with Gasteiger partial charge in [-0.15, -0.1) is 0 Å². The topological polar surface area (TPSA) is 201 Å². The molecule has 342 valence electrons. The van der Waals surface area contributed by atoms with Gasteiger partial charge in [0, 0.05) is 120 Å². The fraction of sp³-hybridized carbons (Fsp3) is 0.333. The van der Waals surface area contributed by atoms with Crippen LogP contribution in [0, 0.1) is 10.1 Å². The number of nitrogens with zero attached hydrogens (tertiary/aromatic N) is 9. The van der Waals surface area contributed by atoms with E-state index in [1.807, 2.05) is 106 Å². The first kappa shape index (κ1) is 45.3. The molecule has 0 unspecified atom stereocenters. The van der Waals surface area contributed by atoms with Gasteiger partial charge in [-0.2, -0.15) is 9.97 Å². The second-order valence-corrected chi connectivity index (χ2v) is 17.3. The number of carbonyl (C=O) groups excluding carboxylic acids is 2. The molecule has 0 atom stereocenters. The average molecular weight is 896 g/mol. The highest BCUT2D eigenvalue weighted by Gasteiger charge is 2.26. The Hall–Kier alpha value is -7.28. The maximum Gasteiger partial charge on any atom is 0.410 e. The summed E-state index contributed by atoms with van der Waals surface area (Å²) < 4.78 is 17.2. The van der Waals surface area contributed by atoms with Crippen LogP contribution in [0.1, 0.15) is 42.5 Å². The summed E-state index contributed by atoms with van der Waals surface area (Å²) in [5.41, 5.74) is 7.05. The monoisotopic (exact) mass is 895 g/mol. The number of nitro groups is 1. The highest BCUT2D eigenvalue weighted by molar-refractivity contribution is 6.05. The van der Waals surface area contributed by atoms with E-state index >= 15 is 0 Å². The Labute approximate surface area is 381 Å². The van der Waals surface area contributed by atoms with Gasteiger partial charge in [-0.1, -0.05) is 18.2 Å². The molecule has 4 aromatic heterocycles. The molecule has 0 aliphatic carbocycles. The summed E-state index contributed by atoms with van der Waals surface area (Å²) in [6.45, 7) is 13.7. The normalized spacial score (nSPS) is 14.7. The number of anilines is 2. The lowest BCUT2D eigenvalue weighted by Gasteiger charge is -2.35. The molecule has 2 aliphatic rings. The third kappa shape index (κ3) is 11.5. The Morgan fingerprint density at radius 1 is 0.742 bits per heavy atom. The molecule has 2 aliphatic heterocycles. The number of hydrogen-bond donors (Lipinski definition) is 2. The Kier molecular flexibility index (Phi) is 13.6. The first-order valence-corrected chi connectivity index (χ1v) is 21.8. The minimum Gasteiger partial charge on any atom is -0.444 e. The third-order valence-electron chi connectivity index (χ3n) is 10.9. The first-order chi connectivity index (χ1) is 31.7. The number of fused-ring (bicyclic) bond motifs is 2. The predicted octanol–water partition coefficient (Wildman–Crippen LogP) is 7.46. The molecule has 18 nitrogen and oxygen atoms in total. The van der Waals surface area contributed by atoms with E-state index in [-0.39, 0.29) is 17.7 Å². The molecule has 6 heterocycles. The molecule has 18 heteroatoms. The van der Waals surface area contributed by atoms with E-state index in [0.717, 1.165) is 68.5 Å². The van der Waals surface area contributed by atoms with Crippen molar-refractivity contribution in [2.24, 2.45) is 0 Å². The summed E-state index contributed by atoms with van der Waals surface area (Å²) in [4.78, 5) is 62.2. The van der Waals surface area contributed by atoms with Gasteiger partial charge in [0.15, 0.2) is 22.5 Å². The lowest BCUT2D eigenvalue weighted by molar-refractivity contribution is -0.384. The smallest absolute Gasteiger partial charge is 0.410 e. The number of amides is 2. The molecule has 0 spiro atoms. The third-order valence-corrected chi connectivity index (χ3v) is 10.9. The molecule has 7 aromatic rings. The number of non-ortho nitro benzene ring substituents is 1. The van der Waals surface area contributed by atoms with Crippen LogP contribution >= 0.6 is 0 Å². The van der Waals surface area contributed by atoms with E-state index in [2.05, 4.69) is 35.4 Å². The molecule has 2 fully saturated rings. The van der Waals surface area contributed by atoms with E-state index in [1.165, 1.54) is 12.1 Å². The van der Waals surface area contributed by atoms with Crippen molar-refractivity contribution < 1.29 is 28.1 Å². The number of oxazole rings is 2. The Morgan fingerprint density at radius 3 is 1.91 bits per heavy atom. The Balaban J connectivity index is 0.000000180. The molecule has 66 heavy (non-hydrogen) atoms. The van der Waals surface area contributed by atoms with E-state index in [0.29, 0.717) is 70.7 Å². The summed E-state index contributed by atoms with van der Waals surface area (Å²) >= 11 is 0. The Bertz CT molecular complexity index is 2840. The fourth-order valence-corrected chi connectivity index (χ4v) is 7.49. The molecule has 2 N–H and O–H groups in total. The van der Waals surface area contributed by atoms with Crippen molar-refractivity contribution in [2.45, 2.75) is 39.5 Å². The van der Waals surface area contributed by atoms with Crippen LogP contribution in [-0.4, -0.2) is 124 Å². The minimum atomic E-state index is -0.505. The molecule has 9 rings (SSSR count). The van der Waals surface area contributed by atoms with Crippen molar-refractivity contribution in [1.29, 1.82) is 0 Å². The van der Waals surface area contributed by atoms with E-state index in [9.17, 15) is 19.7 Å². The lowest BCUT2D eigenvalue weighted by Crippen LogP contribution is -2.49. The van der Waals surface area contributed by atoms with Gasteiger partial charge in [0.2, 0.25) is 11.8 Å². The van der Waals surface area contributed by atoms with Crippen LogP contribution in [-0.2, 0) is 17.8 Å². The molecule has 3 aromatic carbocycles. The molecular formula is C48H53N11O7. The first-order valence-electron chi connectivity index (χ1n) is 21.8. The number of piperazine rings is 2. The lowest BCUT2D eigenvalue weighted by atomic mass is 10.1. The van der Waals surface area contributed by atoms with Gasteiger partial charge in [-0.05, 0) is 87.5 Å². The number of benzene rings is 3. The van der Waals surface area contributed by atoms with E-state index in [1.54, 1.807) is 23.1 Å². The summed E-state index contributed by atoms with van der Waals surface area (Å²) in [6.07, 6.45) is -0.284. The molecule has 0 saturated carbocycles. The second-order valence-electron chi connectivity index (χ2n) is 17.3. The second kappa shape index (κ2) is 19.9. The largest absolute Gasteiger partial charge is 0.444 e. The van der Waals surface area contributed by atoms with Crippen molar-refractivity contribution in [2.75, 3.05) is 76.7 Å². The number of hydrogen-bond acceptors (Lipinski definition) is 15. The maximum atomic E-state index is 12.8. The van der Waals surface area contributed by atoms with Crippen molar-refractivity contribution in [1.82, 2.24) is 40.0 Å². The molecule has 0 radical (unpaired) electrons. The zero-order chi connectivity index (χ0) is 46.4. The summed E-state index contributed by atoms with van der Waals surface area (Å²) in [5, 5.41) is 17.4. The van der Waals surface area contributed by atoms with E-state index < -0.39 is 10.5 Å². The number of nitrogens with one attached hydrogen (secondary N) is 2. The van der Waals surface area contributed by atoms with Crippen LogP contribution in [0.4, 0.5) is 21.9 Å². The van der Waals surface area contributed by atoms with Gasteiger partial charge in [0.25, 0.3) is 11.6 Å². The van der Waals surface area contributed by atoms with Gasteiger partial charge in [-0.3, -0.25) is 24.7 Å². The van der Waals surface area contributed by atoms with Crippen molar-refractivity contribution in [3.05, 3.63) is 124 Å². The standard InChI is InChI=1S/C26H28N6O2.C22H25N5O5/c1-31(2)22-8-4-5-18(16-22)25(33)29-20-7-3-6-19(15-20)26-30-24-23(34-26)10-9-21(28-24)17-32-13-11-27-12-14-32;1-22(2,3)32-21(28)26-11-9-25(10-12-26)14-16-7-8-18-19(23-16)24-20(31-18)15-5-4-6-17(13-15)27(29)30/h3-10,15-16,27H,11-14,17H2,1-2H3,(H,29,33);4-8,13H,9-12,14H2,1-3H3. The average Bonchev–Trinajstić information content (AvgIpc) is 3.94. The predicted molar refractivity (Wildman–Crippen MR) is 251 cm³/mol.